The number of amides is 1. The van der Waals surface area contributed by atoms with Crippen LogP contribution < -0.4 is 0 Å². The molecule has 0 aromatic heterocycles. The molecule has 6 nitrogen and oxygen atoms in total. The van der Waals surface area contributed by atoms with Crippen LogP contribution in [0.25, 0.3) is 0 Å². The average Bonchev–Trinajstić information content (AvgIpc) is 2.25. The smallest absolute Gasteiger partial charge is 0.269 e. The number of aliphatic hydroxyl groups is 1. The van der Waals surface area contributed by atoms with Crippen molar-refractivity contribution in [2.45, 2.75) is 12.5 Å². The van der Waals surface area contributed by atoms with Crippen LogP contribution in [0.5, 0.6) is 0 Å². The molecule has 1 fully saturated rings. The molecule has 0 atom stereocenters. The van der Waals surface area contributed by atoms with Gasteiger partial charge in [0.15, 0.2) is 0 Å². The first-order chi connectivity index (χ1) is 8.06. The van der Waals surface area contributed by atoms with E-state index in [1.165, 1.54) is 12.1 Å². The van der Waals surface area contributed by atoms with E-state index in [9.17, 15) is 14.9 Å². The van der Waals surface area contributed by atoms with Crippen LogP contribution in [-0.4, -0.2) is 40.0 Å². The molecule has 0 aliphatic carbocycles. The highest BCUT2D eigenvalue weighted by Gasteiger charge is 2.28. The van der Waals surface area contributed by atoms with Crippen LogP contribution in [0.2, 0.25) is 0 Å². The molecule has 1 aromatic rings. The molecule has 0 unspecified atom stereocenters. The van der Waals surface area contributed by atoms with Crippen molar-refractivity contribution in [2.75, 3.05) is 13.1 Å². The van der Waals surface area contributed by atoms with E-state index in [2.05, 4.69) is 0 Å². The number of carbonyl (C=O) groups excluding carboxylic acids is 1. The third kappa shape index (κ3) is 2.59. The van der Waals surface area contributed by atoms with Gasteiger partial charge in [0.25, 0.3) is 5.69 Å². The van der Waals surface area contributed by atoms with Crippen molar-refractivity contribution >= 4 is 11.6 Å². The fourth-order valence-corrected chi connectivity index (χ4v) is 1.68. The minimum Gasteiger partial charge on any atom is -0.389 e. The molecule has 1 aromatic carbocycles. The van der Waals surface area contributed by atoms with Gasteiger partial charge in [-0.2, -0.15) is 0 Å². The lowest BCUT2D eigenvalue weighted by molar-refractivity contribution is -0.384. The lowest BCUT2D eigenvalue weighted by Gasteiger charge is -2.35. The third-order valence-corrected chi connectivity index (χ3v) is 2.72. The molecular formula is C11H12N2O4. The number of hydrogen-bond donors (Lipinski definition) is 1. The van der Waals surface area contributed by atoms with E-state index < -0.39 is 11.0 Å². The van der Waals surface area contributed by atoms with E-state index in [4.69, 9.17) is 5.11 Å². The van der Waals surface area contributed by atoms with Gasteiger partial charge in [0.05, 0.1) is 17.4 Å². The molecule has 6 heteroatoms. The maximum atomic E-state index is 11.6. The van der Waals surface area contributed by atoms with Crippen LogP contribution in [0.1, 0.15) is 5.56 Å². The molecule has 90 valence electrons. The van der Waals surface area contributed by atoms with Gasteiger partial charge in [-0.15, -0.1) is 0 Å². The third-order valence-electron chi connectivity index (χ3n) is 2.72. The highest BCUT2D eigenvalue weighted by Crippen LogP contribution is 2.14. The Hall–Kier alpha value is -1.95. The molecule has 1 heterocycles. The van der Waals surface area contributed by atoms with Crippen LogP contribution in [0.15, 0.2) is 24.3 Å². The first-order valence-electron chi connectivity index (χ1n) is 5.25. The number of rotatable bonds is 3. The highest BCUT2D eigenvalue weighted by atomic mass is 16.6. The Kier molecular flexibility index (Phi) is 3.06. The number of hydrogen-bond acceptors (Lipinski definition) is 4. The van der Waals surface area contributed by atoms with Gasteiger partial charge in [-0.25, -0.2) is 0 Å². The summed E-state index contributed by atoms with van der Waals surface area (Å²) in [6.45, 7) is 0.762. The molecule has 0 bridgehead atoms. The molecule has 1 N–H and O–H groups in total. The van der Waals surface area contributed by atoms with Crippen molar-refractivity contribution in [2.24, 2.45) is 0 Å². The topological polar surface area (TPSA) is 83.7 Å². The van der Waals surface area contributed by atoms with Crippen molar-refractivity contribution in [3.8, 4) is 0 Å². The van der Waals surface area contributed by atoms with E-state index in [1.54, 1.807) is 17.0 Å². The van der Waals surface area contributed by atoms with Crippen molar-refractivity contribution in [1.29, 1.82) is 0 Å². The molecule has 17 heavy (non-hydrogen) atoms. The van der Waals surface area contributed by atoms with Crippen LogP contribution >= 0.6 is 0 Å². The monoisotopic (exact) mass is 236 g/mol. The van der Waals surface area contributed by atoms with Crippen molar-refractivity contribution in [3.05, 3.63) is 39.9 Å². The Morgan fingerprint density at radius 1 is 1.41 bits per heavy atom. The molecular weight excluding hydrogens is 224 g/mol. The highest BCUT2D eigenvalue weighted by molar-refractivity contribution is 5.79. The summed E-state index contributed by atoms with van der Waals surface area (Å²) >= 11 is 0. The average molecular weight is 236 g/mol. The van der Waals surface area contributed by atoms with Crippen molar-refractivity contribution in [1.82, 2.24) is 4.90 Å². The zero-order valence-electron chi connectivity index (χ0n) is 9.07. The normalized spacial score (nSPS) is 15.5. The van der Waals surface area contributed by atoms with Crippen LogP contribution in [0.3, 0.4) is 0 Å². The van der Waals surface area contributed by atoms with Gasteiger partial charge in [0.1, 0.15) is 0 Å². The summed E-state index contributed by atoms with van der Waals surface area (Å²) in [5.74, 6) is -0.0656. The van der Waals surface area contributed by atoms with Gasteiger partial charge in [0, 0.05) is 25.2 Å². The number of likely N-dealkylation sites (tertiary alicyclic amines) is 1. The Labute approximate surface area is 97.6 Å². The predicted molar refractivity (Wildman–Crippen MR) is 59.4 cm³/mol. The second-order valence-corrected chi connectivity index (χ2v) is 4.05. The minimum atomic E-state index is -0.475. The number of benzene rings is 1. The summed E-state index contributed by atoms with van der Waals surface area (Å²) in [5.41, 5.74) is 0.752. The number of aliphatic hydroxyl groups excluding tert-OH is 1. The van der Waals surface area contributed by atoms with E-state index >= 15 is 0 Å². The summed E-state index contributed by atoms with van der Waals surface area (Å²) in [7, 11) is 0. The fraction of sp³-hybridized carbons (Fsp3) is 0.364. The van der Waals surface area contributed by atoms with Crippen molar-refractivity contribution in [3.63, 3.8) is 0 Å². The maximum absolute atomic E-state index is 11.6. The zero-order valence-corrected chi connectivity index (χ0v) is 9.07. The first-order valence-corrected chi connectivity index (χ1v) is 5.25. The van der Waals surface area contributed by atoms with Gasteiger partial charge < -0.3 is 10.0 Å². The second kappa shape index (κ2) is 4.50. The molecule has 0 saturated carbocycles. The fourth-order valence-electron chi connectivity index (χ4n) is 1.68. The Morgan fingerprint density at radius 2 is 2.00 bits per heavy atom. The summed E-state index contributed by atoms with van der Waals surface area (Å²) in [6.07, 6.45) is -0.194. The molecule has 0 spiro atoms. The largest absolute Gasteiger partial charge is 0.389 e. The number of nitrogens with zero attached hydrogens (tertiary/aromatic N) is 2. The predicted octanol–water partition coefficient (Wildman–Crippen LogP) is 0.340. The molecule has 1 aliphatic heterocycles. The van der Waals surface area contributed by atoms with E-state index in [0.717, 1.165) is 5.56 Å². The van der Waals surface area contributed by atoms with Gasteiger partial charge in [-0.3, -0.25) is 14.9 Å². The van der Waals surface area contributed by atoms with Crippen LogP contribution in [0.4, 0.5) is 5.69 Å². The zero-order chi connectivity index (χ0) is 12.4. The van der Waals surface area contributed by atoms with E-state index in [0.29, 0.717) is 13.1 Å². The molecule has 1 aliphatic rings. The summed E-state index contributed by atoms with van der Waals surface area (Å²) in [6, 6.07) is 5.92. The minimum absolute atomic E-state index is 0.0144. The Bertz CT molecular complexity index is 437. The van der Waals surface area contributed by atoms with Gasteiger partial charge in [-0.1, -0.05) is 12.1 Å². The molecule has 0 radical (unpaired) electrons. The number of nitro groups is 1. The number of nitro benzene ring substituents is 1. The molecule has 1 amide bonds. The van der Waals surface area contributed by atoms with E-state index in [-0.39, 0.29) is 18.0 Å². The SMILES string of the molecule is O=C(Cc1ccc([N+](=O)[O-])cc1)N1CC(O)C1. The van der Waals surface area contributed by atoms with Gasteiger partial charge in [-0.05, 0) is 5.56 Å². The number of non-ortho nitro benzene ring substituents is 1. The second-order valence-electron chi connectivity index (χ2n) is 4.05. The summed E-state index contributed by atoms with van der Waals surface area (Å²) in [4.78, 5) is 23.2. The van der Waals surface area contributed by atoms with Gasteiger partial charge >= 0.3 is 0 Å². The number of β-amino-alcohol motifs (C(OH)–C–C–N with tert-alkyl or cyclic N) is 1. The standard InChI is InChI=1S/C11H12N2O4/c14-10-6-12(7-10)11(15)5-8-1-3-9(4-2-8)13(16)17/h1-4,10,14H,5-7H2. The van der Waals surface area contributed by atoms with Crippen LogP contribution in [-0.2, 0) is 11.2 Å². The van der Waals surface area contributed by atoms with Crippen molar-refractivity contribution < 1.29 is 14.8 Å². The summed E-state index contributed by atoms with van der Waals surface area (Å²) in [5, 5.41) is 19.5. The molecule has 1 saturated heterocycles. The Morgan fingerprint density at radius 3 is 2.47 bits per heavy atom. The van der Waals surface area contributed by atoms with E-state index in [1.807, 2.05) is 0 Å². The lowest BCUT2D eigenvalue weighted by atomic mass is 10.1. The Balaban J connectivity index is 1.95. The molecule has 2 rings (SSSR count). The van der Waals surface area contributed by atoms with Crippen LogP contribution in [0, 0.1) is 10.1 Å². The quantitative estimate of drug-likeness (QED) is 0.606. The number of carbonyl (C=O) groups is 1. The summed E-state index contributed by atoms with van der Waals surface area (Å²) < 4.78 is 0. The lowest BCUT2D eigenvalue weighted by Crippen LogP contribution is -2.53. The van der Waals surface area contributed by atoms with Gasteiger partial charge in [0.2, 0.25) is 5.91 Å². The maximum Gasteiger partial charge on any atom is 0.269 e. The first kappa shape index (κ1) is 11.5.